The summed E-state index contributed by atoms with van der Waals surface area (Å²) in [4.78, 5) is 60.5. The summed E-state index contributed by atoms with van der Waals surface area (Å²) in [5.41, 5.74) is -2.34. The molecule has 1 aromatic carbocycles. The molecule has 1 rings (SSSR count). The number of hydrogen-bond donors (Lipinski definition) is 0. The van der Waals surface area contributed by atoms with Crippen molar-refractivity contribution in [2.24, 2.45) is 0 Å². The molecule has 0 saturated heterocycles. The molecule has 0 radical (unpaired) electrons. The van der Waals surface area contributed by atoms with E-state index in [1.54, 1.807) is 25.1 Å². The average Bonchev–Trinajstić information content (AvgIpc) is 2.64. The van der Waals surface area contributed by atoms with Crippen LogP contribution in [0.2, 0.25) is 0 Å². The number of ether oxygens (including phenoxy) is 3. The lowest BCUT2D eigenvalue weighted by molar-refractivity contribution is -0.179. The summed E-state index contributed by atoms with van der Waals surface area (Å²) in [7, 11) is 1.11. The van der Waals surface area contributed by atoms with E-state index in [-0.39, 0.29) is 18.4 Å². The van der Waals surface area contributed by atoms with Crippen molar-refractivity contribution in [1.29, 1.82) is 0 Å². The highest BCUT2D eigenvalue weighted by atomic mass is 79.9. The van der Waals surface area contributed by atoms with Crippen LogP contribution in [0.3, 0.4) is 0 Å². The second-order valence-electron chi connectivity index (χ2n) is 5.54. The Labute approximate surface area is 170 Å². The molecular weight excluding hydrogens is 436 g/mol. The number of rotatable bonds is 8. The van der Waals surface area contributed by atoms with Gasteiger partial charge in [-0.1, -0.05) is 47.5 Å². The maximum atomic E-state index is 13.2. The van der Waals surface area contributed by atoms with Crippen molar-refractivity contribution in [3.63, 3.8) is 0 Å². The molecule has 1 aromatic rings. The van der Waals surface area contributed by atoms with Gasteiger partial charge in [0, 0.05) is 35.5 Å². The molecule has 0 aliphatic heterocycles. The maximum Gasteiger partial charge on any atom is 0.366 e. The molecule has 0 heterocycles. The van der Waals surface area contributed by atoms with E-state index >= 15 is 0 Å². The van der Waals surface area contributed by atoms with E-state index < -0.39 is 35.3 Å². The minimum atomic E-state index is -2.40. The van der Waals surface area contributed by atoms with Gasteiger partial charge in [0.15, 0.2) is 0 Å². The molecule has 0 bridgehead atoms. The maximum absolute atomic E-state index is 13.2. The summed E-state index contributed by atoms with van der Waals surface area (Å²) in [6.07, 6.45) is 1.50. The summed E-state index contributed by atoms with van der Waals surface area (Å²) in [5, 5.41) is 0. The Kier molecular flexibility index (Phi) is 8.72. The largest absolute Gasteiger partial charge is 0.466 e. The number of carbonyl (C=O) groups is 5. The van der Waals surface area contributed by atoms with Crippen molar-refractivity contribution in [2.45, 2.75) is 32.3 Å². The Hall–Kier alpha value is -2.81. The van der Waals surface area contributed by atoms with Gasteiger partial charge in [0.05, 0.1) is 7.11 Å². The van der Waals surface area contributed by atoms with Crippen LogP contribution < -0.4 is 0 Å². The first kappa shape index (κ1) is 23.2. The first-order chi connectivity index (χ1) is 13.2. The van der Waals surface area contributed by atoms with Gasteiger partial charge in [0.2, 0.25) is 5.78 Å². The zero-order valence-electron chi connectivity index (χ0n) is 15.5. The van der Waals surface area contributed by atoms with Crippen LogP contribution >= 0.6 is 15.9 Å². The molecule has 0 aliphatic rings. The molecule has 9 heteroatoms. The van der Waals surface area contributed by atoms with E-state index in [1.807, 2.05) is 0 Å². The molecule has 0 amide bonds. The predicted octanol–water partition coefficient (Wildman–Crippen LogP) is 2.53. The van der Waals surface area contributed by atoms with Crippen LogP contribution in [0.25, 0.3) is 0 Å². The Bertz CT molecular complexity index is 814. The van der Waals surface area contributed by atoms with Gasteiger partial charge >= 0.3 is 23.9 Å². The van der Waals surface area contributed by atoms with Gasteiger partial charge in [0.25, 0.3) is 5.60 Å². The van der Waals surface area contributed by atoms with Crippen LogP contribution in [0.5, 0.6) is 0 Å². The fourth-order valence-corrected chi connectivity index (χ4v) is 2.75. The number of halogens is 1. The van der Waals surface area contributed by atoms with Crippen molar-refractivity contribution >= 4 is 45.6 Å². The zero-order valence-corrected chi connectivity index (χ0v) is 17.1. The van der Waals surface area contributed by atoms with Crippen LogP contribution in [-0.2, 0) is 33.4 Å². The highest BCUT2D eigenvalue weighted by Crippen LogP contribution is 2.30. The minimum Gasteiger partial charge on any atom is -0.466 e. The number of esters is 4. The number of carbonyl (C=O) groups excluding carboxylic acids is 5. The molecule has 28 heavy (non-hydrogen) atoms. The summed E-state index contributed by atoms with van der Waals surface area (Å²) in [6.45, 7) is 2.64. The molecule has 1 unspecified atom stereocenters. The van der Waals surface area contributed by atoms with E-state index in [4.69, 9.17) is 4.74 Å². The standard InChI is InChI=1S/C19H19BrO8/c1-4-11-19(18(25)27-12(2)21,28-16(23)10-9-15(22)26-3)17(24)13-7-5-6-8-14(13)20/h5-10H,4,11H2,1-3H3. The van der Waals surface area contributed by atoms with E-state index in [9.17, 15) is 24.0 Å². The molecule has 0 aliphatic carbocycles. The smallest absolute Gasteiger partial charge is 0.366 e. The highest BCUT2D eigenvalue weighted by molar-refractivity contribution is 9.10. The van der Waals surface area contributed by atoms with E-state index in [0.717, 1.165) is 20.1 Å². The van der Waals surface area contributed by atoms with Gasteiger partial charge in [-0.2, -0.15) is 0 Å². The Balaban J connectivity index is 3.43. The molecule has 0 fully saturated rings. The Morgan fingerprint density at radius 3 is 2.21 bits per heavy atom. The first-order valence-corrected chi connectivity index (χ1v) is 8.98. The van der Waals surface area contributed by atoms with E-state index in [0.29, 0.717) is 10.5 Å². The average molecular weight is 455 g/mol. The van der Waals surface area contributed by atoms with Gasteiger partial charge in [-0.3, -0.25) is 9.59 Å². The lowest BCUT2D eigenvalue weighted by atomic mass is 9.88. The van der Waals surface area contributed by atoms with Gasteiger partial charge in [-0.05, 0) is 6.07 Å². The van der Waals surface area contributed by atoms with Gasteiger partial charge < -0.3 is 14.2 Å². The second kappa shape index (κ2) is 10.5. The Morgan fingerprint density at radius 1 is 1.07 bits per heavy atom. The summed E-state index contributed by atoms with van der Waals surface area (Å²) in [6, 6.07) is 6.21. The van der Waals surface area contributed by atoms with Gasteiger partial charge in [0.1, 0.15) is 0 Å². The van der Waals surface area contributed by atoms with Gasteiger partial charge in [-0.25, -0.2) is 14.4 Å². The molecule has 0 spiro atoms. The van der Waals surface area contributed by atoms with Crippen molar-refractivity contribution in [3.05, 3.63) is 46.5 Å². The normalized spacial score (nSPS) is 12.7. The van der Waals surface area contributed by atoms with Crippen molar-refractivity contribution in [2.75, 3.05) is 7.11 Å². The van der Waals surface area contributed by atoms with E-state index in [1.165, 1.54) is 6.07 Å². The van der Waals surface area contributed by atoms with Crippen LogP contribution in [-0.4, -0.2) is 42.4 Å². The molecular formula is C19H19BrO8. The minimum absolute atomic E-state index is 0.0567. The third kappa shape index (κ3) is 5.85. The second-order valence-corrected chi connectivity index (χ2v) is 6.40. The molecule has 150 valence electrons. The van der Waals surface area contributed by atoms with Crippen LogP contribution in [0, 0.1) is 0 Å². The topological polar surface area (TPSA) is 113 Å². The molecule has 0 saturated carbocycles. The fourth-order valence-electron chi connectivity index (χ4n) is 2.29. The number of ketones is 1. The van der Waals surface area contributed by atoms with Gasteiger partial charge in [-0.15, -0.1) is 0 Å². The van der Waals surface area contributed by atoms with Crippen molar-refractivity contribution in [1.82, 2.24) is 0 Å². The van der Waals surface area contributed by atoms with Crippen LogP contribution in [0.1, 0.15) is 37.0 Å². The Morgan fingerprint density at radius 2 is 1.68 bits per heavy atom. The lowest BCUT2D eigenvalue weighted by Crippen LogP contribution is -2.51. The molecule has 0 aromatic heterocycles. The number of methoxy groups -OCH3 is 1. The molecule has 0 N–H and O–H groups in total. The summed E-state index contributed by atoms with van der Waals surface area (Å²) in [5.74, 6) is -5.14. The van der Waals surface area contributed by atoms with Crippen molar-refractivity contribution in [3.8, 4) is 0 Å². The zero-order chi connectivity index (χ0) is 21.3. The third-order valence-corrected chi connectivity index (χ3v) is 4.18. The lowest BCUT2D eigenvalue weighted by Gasteiger charge is -2.29. The van der Waals surface area contributed by atoms with E-state index in [2.05, 4.69) is 25.4 Å². The molecule has 1 atom stereocenters. The SMILES string of the molecule is CCCC(OC(=O)C=CC(=O)OC)(C(=O)OC(C)=O)C(=O)c1ccccc1Br. The monoisotopic (exact) mass is 454 g/mol. The van der Waals surface area contributed by atoms with Crippen LogP contribution in [0.4, 0.5) is 0 Å². The highest BCUT2D eigenvalue weighted by Gasteiger charge is 2.51. The number of Topliss-reactive ketones (excluding diaryl/α,β-unsaturated/α-hetero) is 1. The first-order valence-electron chi connectivity index (χ1n) is 8.19. The third-order valence-electron chi connectivity index (χ3n) is 3.48. The quantitative estimate of drug-likeness (QED) is 0.193. The van der Waals surface area contributed by atoms with Crippen molar-refractivity contribution < 1.29 is 38.2 Å². The summed E-state index contributed by atoms with van der Waals surface area (Å²) < 4.78 is 14.5. The number of benzene rings is 1. The number of hydrogen-bond acceptors (Lipinski definition) is 8. The predicted molar refractivity (Wildman–Crippen MR) is 100 cm³/mol. The molecule has 8 nitrogen and oxygen atoms in total. The van der Waals surface area contributed by atoms with Crippen LogP contribution in [0.15, 0.2) is 40.9 Å². The fraction of sp³-hybridized carbons (Fsp3) is 0.316. The summed E-state index contributed by atoms with van der Waals surface area (Å²) >= 11 is 3.21.